The summed E-state index contributed by atoms with van der Waals surface area (Å²) in [5, 5.41) is 3.44. The van der Waals surface area contributed by atoms with Crippen LogP contribution in [0.25, 0.3) is 0 Å². The molecule has 3 nitrogen and oxygen atoms in total. The van der Waals surface area contributed by atoms with Gasteiger partial charge in [-0.05, 0) is 67.3 Å². The van der Waals surface area contributed by atoms with Gasteiger partial charge in [0.2, 0.25) is 0 Å². The van der Waals surface area contributed by atoms with Crippen molar-refractivity contribution >= 4 is 5.96 Å². The number of benzene rings is 1. The van der Waals surface area contributed by atoms with Crippen molar-refractivity contribution in [2.75, 3.05) is 6.54 Å². The molecule has 0 aliphatic heterocycles. The lowest BCUT2D eigenvalue weighted by molar-refractivity contribution is -0.0491. The van der Waals surface area contributed by atoms with E-state index in [1.165, 1.54) is 44.1 Å². The average molecular weight is 297 g/mol. The maximum Gasteiger partial charge on any atom is 0.188 e. The number of rotatable bonds is 4. The number of aliphatic imine (C=N–C) groups is 1. The van der Waals surface area contributed by atoms with Crippen LogP contribution in [0.3, 0.4) is 0 Å². The zero-order valence-corrected chi connectivity index (χ0v) is 13.3. The Morgan fingerprint density at radius 2 is 1.64 bits per heavy atom. The smallest absolute Gasteiger partial charge is 0.188 e. The fourth-order valence-corrected chi connectivity index (χ4v) is 5.60. The van der Waals surface area contributed by atoms with Crippen molar-refractivity contribution in [3.8, 4) is 0 Å². The van der Waals surface area contributed by atoms with E-state index in [1.54, 1.807) is 0 Å². The summed E-state index contributed by atoms with van der Waals surface area (Å²) >= 11 is 0. The lowest BCUT2D eigenvalue weighted by atomic mass is 9.49. The first-order valence-electron chi connectivity index (χ1n) is 8.78. The maximum atomic E-state index is 6.09. The van der Waals surface area contributed by atoms with Gasteiger partial charge < -0.3 is 11.1 Å². The van der Waals surface area contributed by atoms with Gasteiger partial charge in [-0.3, -0.25) is 0 Å². The molecule has 22 heavy (non-hydrogen) atoms. The van der Waals surface area contributed by atoms with Crippen molar-refractivity contribution in [2.24, 2.45) is 33.9 Å². The monoisotopic (exact) mass is 297 g/mol. The van der Waals surface area contributed by atoms with E-state index in [1.807, 2.05) is 18.2 Å². The predicted octanol–water partition coefficient (Wildman–Crippen LogP) is 3.31. The molecule has 4 saturated carbocycles. The van der Waals surface area contributed by atoms with E-state index in [-0.39, 0.29) is 0 Å². The van der Waals surface area contributed by atoms with Gasteiger partial charge in [0.1, 0.15) is 0 Å². The Balaban J connectivity index is 1.34. The molecule has 0 spiro atoms. The molecule has 0 radical (unpaired) electrons. The minimum absolute atomic E-state index is 0.516. The fourth-order valence-electron chi connectivity index (χ4n) is 5.60. The summed E-state index contributed by atoms with van der Waals surface area (Å²) in [7, 11) is 0. The van der Waals surface area contributed by atoms with Crippen molar-refractivity contribution in [1.29, 1.82) is 0 Å². The molecule has 0 heterocycles. The average Bonchev–Trinajstić information content (AvgIpc) is 2.51. The van der Waals surface area contributed by atoms with E-state index in [4.69, 9.17) is 5.73 Å². The van der Waals surface area contributed by atoms with E-state index in [2.05, 4.69) is 22.4 Å². The normalized spacial score (nSPS) is 36.5. The Morgan fingerprint density at radius 3 is 2.23 bits per heavy atom. The summed E-state index contributed by atoms with van der Waals surface area (Å²) in [5.41, 5.74) is 7.82. The Morgan fingerprint density at radius 1 is 1.05 bits per heavy atom. The van der Waals surface area contributed by atoms with E-state index in [0.29, 0.717) is 17.9 Å². The second-order valence-electron chi connectivity index (χ2n) is 7.96. The molecule has 4 aliphatic rings. The largest absolute Gasteiger partial charge is 0.370 e. The highest BCUT2D eigenvalue weighted by atomic mass is 15.1. The Hall–Kier alpha value is -1.51. The maximum absolute atomic E-state index is 6.09. The summed E-state index contributed by atoms with van der Waals surface area (Å²) in [6.45, 7) is 1.70. The Bertz CT molecular complexity index is 514. The molecule has 3 N–H and O–H groups in total. The number of nitrogens with two attached hydrogens (primary N) is 1. The lowest BCUT2D eigenvalue weighted by Crippen LogP contribution is -2.52. The summed E-state index contributed by atoms with van der Waals surface area (Å²) < 4.78 is 0. The van der Waals surface area contributed by atoms with Crippen LogP contribution in [0.2, 0.25) is 0 Å². The van der Waals surface area contributed by atoms with E-state index < -0.39 is 0 Å². The number of guanidine groups is 1. The molecule has 0 unspecified atom stereocenters. The molecule has 0 amide bonds. The number of hydrogen-bond donors (Lipinski definition) is 2. The molecular formula is C19H27N3. The summed E-state index contributed by atoms with van der Waals surface area (Å²) in [6.07, 6.45) is 8.73. The van der Waals surface area contributed by atoms with Crippen molar-refractivity contribution in [3.05, 3.63) is 35.9 Å². The van der Waals surface area contributed by atoms with Gasteiger partial charge in [-0.15, -0.1) is 0 Å². The zero-order chi connectivity index (χ0) is 15.0. The van der Waals surface area contributed by atoms with Crippen molar-refractivity contribution < 1.29 is 0 Å². The second-order valence-corrected chi connectivity index (χ2v) is 7.96. The first-order chi connectivity index (χ1) is 10.7. The van der Waals surface area contributed by atoms with Crippen LogP contribution in [0, 0.1) is 23.2 Å². The second kappa shape index (κ2) is 5.60. The predicted molar refractivity (Wildman–Crippen MR) is 90.4 cm³/mol. The number of nitrogens with zero attached hydrogens (tertiary/aromatic N) is 1. The summed E-state index contributed by atoms with van der Waals surface area (Å²) in [4.78, 5) is 4.49. The van der Waals surface area contributed by atoms with Crippen LogP contribution < -0.4 is 11.1 Å². The topological polar surface area (TPSA) is 50.4 Å². The van der Waals surface area contributed by atoms with E-state index in [9.17, 15) is 0 Å². The fraction of sp³-hybridized carbons (Fsp3) is 0.632. The minimum Gasteiger partial charge on any atom is -0.370 e. The highest BCUT2D eigenvalue weighted by molar-refractivity contribution is 5.77. The summed E-state index contributed by atoms with van der Waals surface area (Å²) in [5.74, 6) is 3.60. The molecule has 4 aliphatic carbocycles. The van der Waals surface area contributed by atoms with Crippen LogP contribution in [0.15, 0.2) is 35.3 Å². The lowest BCUT2D eigenvalue weighted by Gasteiger charge is -2.57. The van der Waals surface area contributed by atoms with Crippen molar-refractivity contribution in [2.45, 2.75) is 45.1 Å². The molecule has 0 aromatic heterocycles. The van der Waals surface area contributed by atoms with Crippen LogP contribution in [-0.2, 0) is 6.54 Å². The molecule has 1 aromatic carbocycles. The van der Waals surface area contributed by atoms with Gasteiger partial charge in [-0.25, -0.2) is 4.99 Å². The first kappa shape index (κ1) is 14.1. The minimum atomic E-state index is 0.516. The Kier molecular flexibility index (Phi) is 3.59. The zero-order valence-electron chi connectivity index (χ0n) is 13.3. The molecule has 3 heteroatoms. The van der Waals surface area contributed by atoms with Gasteiger partial charge in [0.05, 0.1) is 6.54 Å². The van der Waals surface area contributed by atoms with Gasteiger partial charge in [0.15, 0.2) is 5.96 Å². The third-order valence-corrected chi connectivity index (χ3v) is 6.08. The van der Waals surface area contributed by atoms with Crippen molar-refractivity contribution in [3.63, 3.8) is 0 Å². The van der Waals surface area contributed by atoms with E-state index >= 15 is 0 Å². The quantitative estimate of drug-likeness (QED) is 0.662. The highest BCUT2D eigenvalue weighted by Crippen LogP contribution is 2.59. The number of nitrogens with one attached hydrogen (secondary N) is 1. The number of hydrogen-bond acceptors (Lipinski definition) is 1. The van der Waals surface area contributed by atoms with Gasteiger partial charge >= 0.3 is 0 Å². The molecule has 0 saturated heterocycles. The van der Waals surface area contributed by atoms with Gasteiger partial charge in [0.25, 0.3) is 0 Å². The van der Waals surface area contributed by atoms with Gasteiger partial charge in [0, 0.05) is 6.54 Å². The third kappa shape index (κ3) is 2.86. The van der Waals surface area contributed by atoms with E-state index in [0.717, 1.165) is 24.3 Å². The molecular weight excluding hydrogens is 270 g/mol. The van der Waals surface area contributed by atoms with Crippen LogP contribution >= 0.6 is 0 Å². The standard InChI is InChI=1S/C19H27N3/c20-18(21-12-14-4-2-1-3-5-14)22-13-19-9-15-6-16(10-19)8-17(7-15)11-19/h1-5,15-17H,6-13H2,(H3,20,21,22). The summed E-state index contributed by atoms with van der Waals surface area (Å²) in [6, 6.07) is 10.3. The Labute approximate surface area is 133 Å². The highest BCUT2D eigenvalue weighted by Gasteiger charge is 2.50. The van der Waals surface area contributed by atoms with Crippen LogP contribution in [0.5, 0.6) is 0 Å². The SMILES string of the molecule is NC(=NCc1ccccc1)NCC12CC3CC(CC(C3)C1)C2. The molecule has 118 valence electrons. The van der Waals surface area contributed by atoms with Crippen LogP contribution in [-0.4, -0.2) is 12.5 Å². The van der Waals surface area contributed by atoms with Crippen molar-refractivity contribution in [1.82, 2.24) is 5.32 Å². The molecule has 5 rings (SSSR count). The van der Waals surface area contributed by atoms with Crippen LogP contribution in [0.1, 0.15) is 44.1 Å². The first-order valence-corrected chi connectivity index (χ1v) is 8.78. The van der Waals surface area contributed by atoms with Gasteiger partial charge in [-0.2, -0.15) is 0 Å². The van der Waals surface area contributed by atoms with Crippen LogP contribution in [0.4, 0.5) is 0 Å². The molecule has 4 fully saturated rings. The van der Waals surface area contributed by atoms with Gasteiger partial charge in [-0.1, -0.05) is 30.3 Å². The molecule has 1 aromatic rings. The molecule has 4 bridgehead atoms. The molecule has 0 atom stereocenters. The third-order valence-electron chi connectivity index (χ3n) is 6.08.